The lowest BCUT2D eigenvalue weighted by molar-refractivity contribution is -0.135. The van der Waals surface area contributed by atoms with Crippen LogP contribution < -0.4 is 10.2 Å². The van der Waals surface area contributed by atoms with Gasteiger partial charge in [-0.05, 0) is 45.3 Å². The topological polar surface area (TPSA) is 93.1 Å². The molecule has 0 bridgehead atoms. The van der Waals surface area contributed by atoms with E-state index in [0.717, 1.165) is 4.90 Å². The number of nitrogens with one attached hydrogen (secondary N) is 1. The number of likely N-dealkylation sites (N-methyl/N-ethyl adjacent to an activating group) is 1. The number of aromatic hydroxyl groups is 1. The van der Waals surface area contributed by atoms with Crippen LogP contribution >= 0.6 is 0 Å². The molecule has 2 amide bonds. The molecule has 116 valence electrons. The van der Waals surface area contributed by atoms with Crippen molar-refractivity contribution in [2.45, 2.75) is 13.0 Å². The number of aliphatic carboxylic acids is 1. The van der Waals surface area contributed by atoms with Gasteiger partial charge >= 0.3 is 12.0 Å². The van der Waals surface area contributed by atoms with E-state index in [1.54, 1.807) is 0 Å². The first kappa shape index (κ1) is 16.8. The van der Waals surface area contributed by atoms with Gasteiger partial charge in [0.25, 0.3) is 0 Å². The van der Waals surface area contributed by atoms with Crippen LogP contribution in [0.5, 0.6) is 5.75 Å². The highest BCUT2D eigenvalue weighted by Crippen LogP contribution is 2.18. The summed E-state index contributed by atoms with van der Waals surface area (Å²) in [5, 5.41) is 20.9. The average Bonchev–Trinajstić information content (AvgIpc) is 2.42. The van der Waals surface area contributed by atoms with Gasteiger partial charge < -0.3 is 20.4 Å². The summed E-state index contributed by atoms with van der Waals surface area (Å²) in [6.07, 6.45) is 0. The third-order valence-corrected chi connectivity index (χ3v) is 3.13. The first-order valence-electron chi connectivity index (χ1n) is 6.54. The van der Waals surface area contributed by atoms with Gasteiger partial charge in [0.2, 0.25) is 0 Å². The molecule has 0 saturated carbocycles. The highest BCUT2D eigenvalue weighted by atomic mass is 16.4. The van der Waals surface area contributed by atoms with Crippen molar-refractivity contribution < 1.29 is 19.8 Å². The van der Waals surface area contributed by atoms with E-state index < -0.39 is 18.5 Å². The number of carbonyl (C=O) groups excluding carboxylic acids is 1. The molecule has 1 unspecified atom stereocenters. The number of anilines is 1. The Morgan fingerprint density at radius 3 is 2.29 bits per heavy atom. The first-order valence-corrected chi connectivity index (χ1v) is 6.54. The number of hydrogen-bond acceptors (Lipinski definition) is 4. The minimum atomic E-state index is -1.11. The van der Waals surface area contributed by atoms with E-state index >= 15 is 0 Å². The third-order valence-electron chi connectivity index (χ3n) is 3.13. The number of nitrogens with zero attached hydrogens (tertiary/aromatic N) is 2. The molecule has 7 nitrogen and oxygen atoms in total. The van der Waals surface area contributed by atoms with E-state index in [9.17, 15) is 14.7 Å². The molecular formula is C14H21N3O4. The maximum atomic E-state index is 12.2. The Balaban J connectivity index is 2.79. The Bertz CT molecular complexity index is 487. The Kier molecular flexibility index (Phi) is 5.98. The number of carbonyl (C=O) groups is 2. The number of carboxylic acids is 1. The summed E-state index contributed by atoms with van der Waals surface area (Å²) in [5.41, 5.74) is 0.408. The predicted molar refractivity (Wildman–Crippen MR) is 79.6 cm³/mol. The van der Waals surface area contributed by atoms with Crippen LogP contribution in [0.4, 0.5) is 10.5 Å². The Hall–Kier alpha value is -2.28. The molecule has 0 spiro atoms. The molecule has 0 saturated heterocycles. The molecule has 0 radical (unpaired) electrons. The van der Waals surface area contributed by atoms with Gasteiger partial charge in [-0.1, -0.05) is 0 Å². The van der Waals surface area contributed by atoms with Crippen molar-refractivity contribution in [1.82, 2.24) is 10.2 Å². The van der Waals surface area contributed by atoms with Crippen molar-refractivity contribution >= 4 is 17.7 Å². The molecule has 0 aliphatic carbocycles. The van der Waals surface area contributed by atoms with Crippen molar-refractivity contribution in [2.75, 3.05) is 32.1 Å². The summed E-state index contributed by atoms with van der Waals surface area (Å²) in [4.78, 5) is 26.1. The molecule has 0 heterocycles. The number of hydrogen-bond donors (Lipinski definition) is 3. The molecule has 1 rings (SSSR count). The summed E-state index contributed by atoms with van der Waals surface area (Å²) < 4.78 is 0. The van der Waals surface area contributed by atoms with Crippen LogP contribution in [0.1, 0.15) is 6.92 Å². The molecule has 7 heteroatoms. The van der Waals surface area contributed by atoms with Crippen LogP contribution in [-0.4, -0.2) is 60.3 Å². The molecule has 21 heavy (non-hydrogen) atoms. The first-order chi connectivity index (χ1) is 9.81. The zero-order valence-corrected chi connectivity index (χ0v) is 12.4. The van der Waals surface area contributed by atoms with Crippen LogP contribution in [0.25, 0.3) is 0 Å². The number of carboxylic acid groups (broad SMARTS) is 1. The van der Waals surface area contributed by atoms with Crippen LogP contribution in [0.15, 0.2) is 24.3 Å². The summed E-state index contributed by atoms with van der Waals surface area (Å²) in [6.45, 7) is 1.90. The lowest BCUT2D eigenvalue weighted by Crippen LogP contribution is -2.47. The molecule has 1 atom stereocenters. The predicted octanol–water partition coefficient (Wildman–Crippen LogP) is 0.943. The molecule has 1 aromatic rings. The van der Waals surface area contributed by atoms with Crippen molar-refractivity contribution in [3.63, 3.8) is 0 Å². The monoisotopic (exact) mass is 295 g/mol. The summed E-state index contributed by atoms with van der Waals surface area (Å²) in [7, 11) is 3.79. The van der Waals surface area contributed by atoms with Gasteiger partial charge in [-0.15, -0.1) is 0 Å². The van der Waals surface area contributed by atoms with Crippen molar-refractivity contribution in [3.05, 3.63) is 24.3 Å². The minimum absolute atomic E-state index is 0.0515. The molecule has 0 fully saturated rings. The fraction of sp³-hybridized carbons (Fsp3) is 0.429. The fourth-order valence-corrected chi connectivity index (χ4v) is 1.56. The highest BCUT2D eigenvalue weighted by molar-refractivity contribution is 5.96. The zero-order valence-electron chi connectivity index (χ0n) is 12.4. The zero-order chi connectivity index (χ0) is 16.0. The lowest BCUT2D eigenvalue weighted by atomic mass is 10.2. The van der Waals surface area contributed by atoms with E-state index in [4.69, 9.17) is 5.11 Å². The smallest absolute Gasteiger partial charge is 0.323 e. The van der Waals surface area contributed by atoms with Crippen LogP contribution in [-0.2, 0) is 4.79 Å². The van der Waals surface area contributed by atoms with Gasteiger partial charge in [0, 0.05) is 18.3 Å². The molecule has 0 aliphatic rings. The van der Waals surface area contributed by atoms with E-state index in [-0.39, 0.29) is 11.8 Å². The number of rotatable bonds is 6. The van der Waals surface area contributed by atoms with Crippen LogP contribution in [0, 0.1) is 0 Å². The van der Waals surface area contributed by atoms with Gasteiger partial charge in [0.15, 0.2) is 0 Å². The van der Waals surface area contributed by atoms with Gasteiger partial charge in [-0.2, -0.15) is 0 Å². The van der Waals surface area contributed by atoms with Gasteiger partial charge in [-0.25, -0.2) is 4.79 Å². The van der Waals surface area contributed by atoms with Crippen molar-refractivity contribution in [1.29, 1.82) is 0 Å². The lowest BCUT2D eigenvalue weighted by Gasteiger charge is -2.24. The van der Waals surface area contributed by atoms with Crippen molar-refractivity contribution in [3.8, 4) is 5.75 Å². The number of phenolic OH excluding ortho intramolecular Hbond substituents is 1. The maximum Gasteiger partial charge on any atom is 0.323 e. The molecule has 0 aliphatic heterocycles. The van der Waals surface area contributed by atoms with Gasteiger partial charge in [0.05, 0.1) is 0 Å². The Labute approximate surface area is 123 Å². The normalized spacial score (nSPS) is 12.0. The summed E-state index contributed by atoms with van der Waals surface area (Å²) >= 11 is 0. The molecule has 0 aromatic heterocycles. The van der Waals surface area contributed by atoms with E-state index in [1.807, 2.05) is 25.9 Å². The summed E-state index contributed by atoms with van der Waals surface area (Å²) in [5.74, 6) is -1.06. The van der Waals surface area contributed by atoms with Gasteiger partial charge in [0.1, 0.15) is 12.3 Å². The van der Waals surface area contributed by atoms with Gasteiger partial charge in [-0.3, -0.25) is 9.69 Å². The van der Waals surface area contributed by atoms with E-state index in [2.05, 4.69) is 5.32 Å². The number of amides is 2. The molecule has 1 aromatic carbocycles. The summed E-state index contributed by atoms with van der Waals surface area (Å²) in [6, 6.07) is 5.43. The van der Waals surface area contributed by atoms with Crippen LogP contribution in [0.3, 0.4) is 0 Å². The Morgan fingerprint density at radius 2 is 1.81 bits per heavy atom. The second-order valence-electron chi connectivity index (χ2n) is 4.99. The number of urea groups is 1. The van der Waals surface area contributed by atoms with Crippen molar-refractivity contribution in [2.24, 2.45) is 0 Å². The second kappa shape index (κ2) is 7.49. The SMILES string of the molecule is CC(CNC(=O)N(CC(=O)O)c1ccc(O)cc1)N(C)C. The Morgan fingerprint density at radius 1 is 1.24 bits per heavy atom. The highest BCUT2D eigenvalue weighted by Gasteiger charge is 2.19. The fourth-order valence-electron chi connectivity index (χ4n) is 1.56. The molecule has 3 N–H and O–H groups in total. The standard InChI is InChI=1S/C14H21N3O4/c1-10(16(2)3)8-15-14(21)17(9-13(19)20)11-4-6-12(18)7-5-11/h4-7,10,18H,8-9H2,1-3H3,(H,15,21)(H,19,20). The minimum Gasteiger partial charge on any atom is -0.508 e. The number of benzene rings is 1. The molecular weight excluding hydrogens is 274 g/mol. The third kappa shape index (κ3) is 5.31. The maximum absolute atomic E-state index is 12.2. The average molecular weight is 295 g/mol. The van der Waals surface area contributed by atoms with E-state index in [0.29, 0.717) is 12.2 Å². The second-order valence-corrected chi connectivity index (χ2v) is 4.99. The quantitative estimate of drug-likeness (QED) is 0.726. The van der Waals surface area contributed by atoms with Crippen LogP contribution in [0.2, 0.25) is 0 Å². The van der Waals surface area contributed by atoms with E-state index in [1.165, 1.54) is 24.3 Å². The largest absolute Gasteiger partial charge is 0.508 e. The number of phenols is 1.